The average molecular weight is 288 g/mol. The largest absolute Gasteiger partial charge is 0.314 e. The molecule has 0 spiro atoms. The Hall–Kier alpha value is 0.140. The summed E-state index contributed by atoms with van der Waals surface area (Å²) in [4.78, 5) is 0. The van der Waals surface area contributed by atoms with Gasteiger partial charge in [-0.1, -0.05) is 13.8 Å². The van der Waals surface area contributed by atoms with Crippen molar-refractivity contribution in [2.24, 2.45) is 5.92 Å². The van der Waals surface area contributed by atoms with E-state index in [4.69, 9.17) is 0 Å². The molecule has 1 aromatic rings. The van der Waals surface area contributed by atoms with Gasteiger partial charge in [0.25, 0.3) is 0 Å². The van der Waals surface area contributed by atoms with Crippen LogP contribution >= 0.6 is 27.3 Å². The van der Waals surface area contributed by atoms with Gasteiger partial charge in [-0.15, -0.1) is 0 Å². The minimum atomic E-state index is 0.608. The number of nitrogens with one attached hydrogen (secondary N) is 1. The Morgan fingerprint density at radius 1 is 1.47 bits per heavy atom. The van der Waals surface area contributed by atoms with Crippen molar-refractivity contribution in [2.75, 3.05) is 6.54 Å². The molecule has 1 N–H and O–H groups in total. The molecule has 15 heavy (non-hydrogen) atoms. The molecule has 84 valence electrons. The predicted molar refractivity (Wildman–Crippen MR) is 70.6 cm³/mol. The molecule has 0 radical (unpaired) electrons. The molecule has 1 fully saturated rings. The number of hydrogen-bond donors (Lipinski definition) is 1. The summed E-state index contributed by atoms with van der Waals surface area (Å²) in [5.74, 6) is 1.63. The van der Waals surface area contributed by atoms with Crippen LogP contribution in [0.15, 0.2) is 15.2 Å². The van der Waals surface area contributed by atoms with E-state index in [0.29, 0.717) is 6.04 Å². The average Bonchev–Trinajstić information content (AvgIpc) is 2.50. The van der Waals surface area contributed by atoms with E-state index in [2.05, 4.69) is 45.9 Å². The molecule has 1 saturated carbocycles. The van der Waals surface area contributed by atoms with Crippen molar-refractivity contribution in [2.45, 2.75) is 38.6 Å². The minimum absolute atomic E-state index is 0.608. The SMILES string of the molecule is CC(C)NCC1CCC1c1cscc1Br. The van der Waals surface area contributed by atoms with Gasteiger partial charge in [-0.3, -0.25) is 0 Å². The molecule has 1 heterocycles. The van der Waals surface area contributed by atoms with Crippen molar-refractivity contribution in [1.29, 1.82) is 0 Å². The van der Waals surface area contributed by atoms with Crippen LogP contribution < -0.4 is 5.32 Å². The van der Waals surface area contributed by atoms with E-state index in [1.165, 1.54) is 29.4 Å². The van der Waals surface area contributed by atoms with Gasteiger partial charge in [0.1, 0.15) is 0 Å². The van der Waals surface area contributed by atoms with Crippen LogP contribution in [0.25, 0.3) is 0 Å². The van der Waals surface area contributed by atoms with Gasteiger partial charge < -0.3 is 5.32 Å². The minimum Gasteiger partial charge on any atom is -0.314 e. The Kier molecular flexibility index (Phi) is 3.86. The lowest BCUT2D eigenvalue weighted by Gasteiger charge is -2.37. The monoisotopic (exact) mass is 287 g/mol. The first-order valence-electron chi connectivity index (χ1n) is 5.63. The van der Waals surface area contributed by atoms with Crippen LogP contribution in [0.1, 0.15) is 38.2 Å². The lowest BCUT2D eigenvalue weighted by atomic mass is 9.70. The topological polar surface area (TPSA) is 12.0 Å². The highest BCUT2D eigenvalue weighted by atomic mass is 79.9. The number of thiophene rings is 1. The second-order valence-corrected chi connectivity index (χ2v) is 6.28. The van der Waals surface area contributed by atoms with Crippen LogP contribution in [0.5, 0.6) is 0 Å². The zero-order valence-electron chi connectivity index (χ0n) is 9.29. The molecule has 2 unspecified atom stereocenters. The van der Waals surface area contributed by atoms with Crippen molar-refractivity contribution < 1.29 is 0 Å². The molecule has 0 bridgehead atoms. The molecule has 1 aliphatic carbocycles. The summed E-state index contributed by atoms with van der Waals surface area (Å²) in [6.07, 6.45) is 2.74. The van der Waals surface area contributed by atoms with Crippen LogP contribution in [-0.2, 0) is 0 Å². The maximum Gasteiger partial charge on any atom is 0.0317 e. The van der Waals surface area contributed by atoms with E-state index >= 15 is 0 Å². The first-order chi connectivity index (χ1) is 7.18. The molecule has 1 nitrogen and oxygen atoms in total. The van der Waals surface area contributed by atoms with Gasteiger partial charge in [-0.25, -0.2) is 0 Å². The fourth-order valence-electron chi connectivity index (χ4n) is 2.17. The van der Waals surface area contributed by atoms with Crippen molar-refractivity contribution in [3.63, 3.8) is 0 Å². The molecule has 2 rings (SSSR count). The van der Waals surface area contributed by atoms with Gasteiger partial charge in [-0.05, 0) is 58.1 Å². The van der Waals surface area contributed by atoms with Crippen LogP contribution in [-0.4, -0.2) is 12.6 Å². The second kappa shape index (κ2) is 4.98. The Balaban J connectivity index is 1.92. The Morgan fingerprint density at radius 2 is 2.27 bits per heavy atom. The maximum atomic E-state index is 3.64. The predicted octanol–water partition coefficient (Wildman–Crippen LogP) is 4.00. The lowest BCUT2D eigenvalue weighted by molar-refractivity contribution is 0.240. The Labute approximate surface area is 104 Å². The Morgan fingerprint density at radius 3 is 2.73 bits per heavy atom. The highest BCUT2D eigenvalue weighted by molar-refractivity contribution is 9.10. The van der Waals surface area contributed by atoms with Crippen LogP contribution in [0, 0.1) is 5.92 Å². The number of halogens is 1. The molecular weight excluding hydrogens is 270 g/mol. The molecule has 0 aliphatic heterocycles. The van der Waals surface area contributed by atoms with Gasteiger partial charge in [-0.2, -0.15) is 11.3 Å². The van der Waals surface area contributed by atoms with Crippen molar-refractivity contribution in [3.8, 4) is 0 Å². The maximum absolute atomic E-state index is 3.64. The molecule has 3 heteroatoms. The first-order valence-corrected chi connectivity index (χ1v) is 7.37. The summed E-state index contributed by atoms with van der Waals surface area (Å²) in [5.41, 5.74) is 1.53. The normalized spacial score (nSPS) is 25.6. The Bertz CT molecular complexity index is 321. The van der Waals surface area contributed by atoms with Gasteiger partial charge >= 0.3 is 0 Å². The third-order valence-corrected chi connectivity index (χ3v) is 5.00. The van der Waals surface area contributed by atoms with E-state index < -0.39 is 0 Å². The van der Waals surface area contributed by atoms with E-state index in [1.54, 1.807) is 11.3 Å². The quantitative estimate of drug-likeness (QED) is 0.883. The zero-order chi connectivity index (χ0) is 10.8. The van der Waals surface area contributed by atoms with Gasteiger partial charge in [0, 0.05) is 15.9 Å². The molecule has 0 saturated heterocycles. The summed E-state index contributed by atoms with van der Waals surface area (Å²) in [6, 6.07) is 0.608. The van der Waals surface area contributed by atoms with Crippen LogP contribution in [0.3, 0.4) is 0 Å². The summed E-state index contributed by atoms with van der Waals surface area (Å²) in [7, 11) is 0. The van der Waals surface area contributed by atoms with Crippen molar-refractivity contribution in [1.82, 2.24) is 5.32 Å². The van der Waals surface area contributed by atoms with Crippen molar-refractivity contribution >= 4 is 27.3 Å². The van der Waals surface area contributed by atoms with Crippen LogP contribution in [0.4, 0.5) is 0 Å². The third kappa shape index (κ3) is 2.63. The summed E-state index contributed by atoms with van der Waals surface area (Å²) in [5, 5.41) is 8.04. The van der Waals surface area contributed by atoms with E-state index in [0.717, 1.165) is 11.8 Å². The fourth-order valence-corrected chi connectivity index (χ4v) is 3.82. The van der Waals surface area contributed by atoms with Gasteiger partial charge in [0.15, 0.2) is 0 Å². The van der Waals surface area contributed by atoms with E-state index in [1.807, 2.05) is 0 Å². The lowest BCUT2D eigenvalue weighted by Crippen LogP contribution is -2.36. The molecule has 1 aromatic heterocycles. The van der Waals surface area contributed by atoms with E-state index in [9.17, 15) is 0 Å². The molecule has 2 atom stereocenters. The highest BCUT2D eigenvalue weighted by Gasteiger charge is 2.33. The van der Waals surface area contributed by atoms with Crippen LogP contribution in [0.2, 0.25) is 0 Å². The number of hydrogen-bond acceptors (Lipinski definition) is 2. The molecule has 1 aliphatic rings. The van der Waals surface area contributed by atoms with E-state index in [-0.39, 0.29) is 0 Å². The molecule has 0 aromatic carbocycles. The smallest absolute Gasteiger partial charge is 0.0317 e. The highest BCUT2D eigenvalue weighted by Crippen LogP contribution is 2.45. The summed E-state index contributed by atoms with van der Waals surface area (Å²) in [6.45, 7) is 5.60. The van der Waals surface area contributed by atoms with Crippen molar-refractivity contribution in [3.05, 3.63) is 20.8 Å². The first kappa shape index (κ1) is 11.6. The summed E-state index contributed by atoms with van der Waals surface area (Å²) < 4.78 is 1.31. The fraction of sp³-hybridized carbons (Fsp3) is 0.667. The number of rotatable bonds is 4. The molecular formula is C12H18BrNS. The molecule has 0 amide bonds. The standard InChI is InChI=1S/C12H18BrNS/c1-8(2)14-5-9-3-4-10(9)11-6-15-7-12(11)13/h6-10,14H,3-5H2,1-2H3. The van der Waals surface area contributed by atoms with Gasteiger partial charge in [0.05, 0.1) is 0 Å². The third-order valence-electron chi connectivity index (χ3n) is 3.25. The zero-order valence-corrected chi connectivity index (χ0v) is 11.7. The van der Waals surface area contributed by atoms with Gasteiger partial charge in [0.2, 0.25) is 0 Å². The second-order valence-electron chi connectivity index (χ2n) is 4.68. The summed E-state index contributed by atoms with van der Waals surface area (Å²) >= 11 is 5.44.